The van der Waals surface area contributed by atoms with E-state index in [0.29, 0.717) is 0 Å². The Balaban J connectivity index is 2.04. The van der Waals surface area contributed by atoms with E-state index in [-0.39, 0.29) is 0 Å². The molecule has 0 bridgehead atoms. The van der Waals surface area contributed by atoms with Crippen molar-refractivity contribution in [3.05, 3.63) is 65.0 Å². The maximum atomic E-state index is 2.30. The summed E-state index contributed by atoms with van der Waals surface area (Å²) >= 11 is 1.76. The third-order valence-corrected chi connectivity index (χ3v) is 4.88. The number of nitrogens with zero attached hydrogens (tertiary/aromatic N) is 1. The van der Waals surface area contributed by atoms with Gasteiger partial charge in [-0.15, -0.1) is 0 Å². The van der Waals surface area contributed by atoms with Gasteiger partial charge in [-0.1, -0.05) is 18.2 Å². The van der Waals surface area contributed by atoms with Gasteiger partial charge >= 0.3 is 0 Å². The quantitative estimate of drug-likeness (QED) is 0.441. The molecule has 2 aromatic carbocycles. The molecule has 2 heteroatoms. The predicted octanol–water partition coefficient (Wildman–Crippen LogP) is 4.85. The van der Waals surface area contributed by atoms with E-state index in [4.69, 9.17) is 0 Å². The first-order valence-electron chi connectivity index (χ1n) is 7.08. The number of pyridine rings is 1. The van der Waals surface area contributed by atoms with Crippen molar-refractivity contribution in [1.82, 2.24) is 0 Å². The van der Waals surface area contributed by atoms with Crippen LogP contribution in [0.3, 0.4) is 0 Å². The Morgan fingerprint density at radius 2 is 1.57 bits per heavy atom. The second kappa shape index (κ2) is 4.68. The third-order valence-electron chi connectivity index (χ3n) is 4.10. The Hall–Kier alpha value is -2.19. The summed E-state index contributed by atoms with van der Waals surface area (Å²) in [6.45, 7) is 2.17. The van der Waals surface area contributed by atoms with Gasteiger partial charge in [-0.3, -0.25) is 0 Å². The molecule has 4 aromatic rings. The van der Waals surface area contributed by atoms with Crippen molar-refractivity contribution in [3.63, 3.8) is 0 Å². The molecule has 0 fully saturated rings. The molecule has 21 heavy (non-hydrogen) atoms. The summed E-state index contributed by atoms with van der Waals surface area (Å²) < 4.78 is 2.23. The second-order valence-electron chi connectivity index (χ2n) is 5.57. The molecule has 102 valence electrons. The predicted molar refractivity (Wildman–Crippen MR) is 90.7 cm³/mol. The van der Waals surface area contributed by atoms with E-state index in [1.165, 1.54) is 38.4 Å². The number of thiophene rings is 1. The number of benzene rings is 2. The van der Waals surface area contributed by atoms with Crippen LogP contribution in [0.2, 0.25) is 0 Å². The highest BCUT2D eigenvalue weighted by Gasteiger charge is 2.14. The third kappa shape index (κ3) is 2.03. The van der Waals surface area contributed by atoms with Crippen LogP contribution in [0.4, 0.5) is 0 Å². The highest BCUT2D eigenvalue weighted by atomic mass is 32.1. The maximum Gasteiger partial charge on any atom is 0.213 e. The van der Waals surface area contributed by atoms with Gasteiger partial charge in [-0.05, 0) is 57.6 Å². The number of aromatic nitrogens is 1. The first-order chi connectivity index (χ1) is 10.2. The summed E-state index contributed by atoms with van der Waals surface area (Å²) in [5.41, 5.74) is 3.87. The van der Waals surface area contributed by atoms with Gasteiger partial charge in [0.25, 0.3) is 0 Å². The monoisotopic (exact) mass is 290 g/mol. The SMILES string of the molecule is Cc1ccccc1-c1cc2cc3cscc3cc2c[n+]1C. The summed E-state index contributed by atoms with van der Waals surface area (Å²) in [6, 6.07) is 15.4. The Morgan fingerprint density at radius 1 is 0.857 bits per heavy atom. The maximum absolute atomic E-state index is 2.30. The second-order valence-corrected chi connectivity index (χ2v) is 6.31. The van der Waals surface area contributed by atoms with E-state index in [0.717, 1.165) is 0 Å². The van der Waals surface area contributed by atoms with Crippen molar-refractivity contribution in [2.45, 2.75) is 6.92 Å². The van der Waals surface area contributed by atoms with E-state index in [1.54, 1.807) is 11.3 Å². The van der Waals surface area contributed by atoms with Crippen LogP contribution in [0, 0.1) is 6.92 Å². The summed E-state index contributed by atoms with van der Waals surface area (Å²) in [5, 5.41) is 9.69. The molecule has 0 unspecified atom stereocenters. The Kier molecular flexibility index (Phi) is 2.79. The molecule has 0 amide bonds. The Labute approximate surface area is 128 Å². The molecule has 0 atom stereocenters. The van der Waals surface area contributed by atoms with Crippen LogP contribution < -0.4 is 4.57 Å². The first-order valence-corrected chi connectivity index (χ1v) is 8.02. The molecule has 4 rings (SSSR count). The minimum absolute atomic E-state index is 1.26. The van der Waals surface area contributed by atoms with Crippen LogP contribution in [0.1, 0.15) is 5.56 Å². The van der Waals surface area contributed by atoms with Gasteiger partial charge in [-0.25, -0.2) is 4.57 Å². The molecule has 0 saturated carbocycles. The van der Waals surface area contributed by atoms with Crippen molar-refractivity contribution in [2.24, 2.45) is 7.05 Å². The lowest BCUT2D eigenvalue weighted by molar-refractivity contribution is -0.659. The Morgan fingerprint density at radius 3 is 2.33 bits per heavy atom. The molecule has 0 aliphatic heterocycles. The molecule has 1 nitrogen and oxygen atoms in total. The zero-order valence-electron chi connectivity index (χ0n) is 12.1. The molecule has 2 aromatic heterocycles. The van der Waals surface area contributed by atoms with Gasteiger partial charge in [0.05, 0.1) is 0 Å². The zero-order chi connectivity index (χ0) is 14.4. The molecule has 0 N–H and O–H groups in total. The Bertz CT molecular complexity index is 966. The zero-order valence-corrected chi connectivity index (χ0v) is 12.9. The lowest BCUT2D eigenvalue weighted by atomic mass is 10.0. The fourth-order valence-electron chi connectivity index (χ4n) is 2.95. The van der Waals surface area contributed by atoms with Crippen LogP contribution >= 0.6 is 11.3 Å². The lowest BCUT2D eigenvalue weighted by Crippen LogP contribution is -2.30. The van der Waals surface area contributed by atoms with Crippen molar-refractivity contribution in [2.75, 3.05) is 0 Å². The molecule has 0 radical (unpaired) electrons. The topological polar surface area (TPSA) is 3.88 Å². The fraction of sp³-hybridized carbons (Fsp3) is 0.105. The molecule has 2 heterocycles. The summed E-state index contributed by atoms with van der Waals surface area (Å²) in [6.07, 6.45) is 2.23. The number of rotatable bonds is 1. The number of hydrogen-bond donors (Lipinski definition) is 0. The number of aryl methyl sites for hydroxylation is 2. The standard InChI is InChI=1S/C19H16NS/c1-13-5-3-4-6-18(13)19-9-14-7-16-11-21-12-17(16)8-15(14)10-20(19)2/h3-12H,1-2H3/q+1. The molecular formula is C19H16NS+. The summed E-state index contributed by atoms with van der Waals surface area (Å²) in [5.74, 6) is 0. The van der Waals surface area contributed by atoms with Crippen molar-refractivity contribution < 1.29 is 4.57 Å². The van der Waals surface area contributed by atoms with E-state index >= 15 is 0 Å². The van der Waals surface area contributed by atoms with Gasteiger partial charge < -0.3 is 0 Å². The largest absolute Gasteiger partial charge is 0.213 e. The van der Waals surface area contributed by atoms with Gasteiger partial charge in [-0.2, -0.15) is 11.3 Å². The van der Waals surface area contributed by atoms with Crippen LogP contribution in [0.25, 0.3) is 32.8 Å². The summed E-state index contributed by atoms with van der Waals surface area (Å²) in [4.78, 5) is 0. The van der Waals surface area contributed by atoms with Crippen LogP contribution in [-0.4, -0.2) is 0 Å². The fourth-order valence-corrected chi connectivity index (χ4v) is 3.71. The van der Waals surface area contributed by atoms with Crippen molar-refractivity contribution in [3.8, 4) is 11.3 Å². The van der Waals surface area contributed by atoms with Crippen molar-refractivity contribution in [1.29, 1.82) is 0 Å². The highest BCUT2D eigenvalue weighted by Crippen LogP contribution is 2.28. The average molecular weight is 290 g/mol. The molecule has 0 spiro atoms. The number of fused-ring (bicyclic) bond motifs is 2. The molecular weight excluding hydrogens is 274 g/mol. The minimum atomic E-state index is 1.26. The van der Waals surface area contributed by atoms with Gasteiger partial charge in [0.1, 0.15) is 7.05 Å². The first kappa shape index (κ1) is 12.5. The number of hydrogen-bond acceptors (Lipinski definition) is 1. The molecule has 0 saturated heterocycles. The van der Waals surface area contributed by atoms with E-state index in [9.17, 15) is 0 Å². The molecule has 0 aliphatic carbocycles. The van der Waals surface area contributed by atoms with E-state index in [1.807, 2.05) is 0 Å². The van der Waals surface area contributed by atoms with Crippen molar-refractivity contribution >= 4 is 32.9 Å². The van der Waals surface area contributed by atoms with E-state index < -0.39 is 0 Å². The van der Waals surface area contributed by atoms with Crippen LogP contribution in [0.5, 0.6) is 0 Å². The van der Waals surface area contributed by atoms with Gasteiger partial charge in [0, 0.05) is 17.0 Å². The highest BCUT2D eigenvalue weighted by molar-refractivity contribution is 7.09. The minimum Gasteiger partial charge on any atom is -0.200 e. The lowest BCUT2D eigenvalue weighted by Gasteiger charge is -2.06. The van der Waals surface area contributed by atoms with Crippen LogP contribution in [-0.2, 0) is 7.05 Å². The summed E-state index contributed by atoms with van der Waals surface area (Å²) in [7, 11) is 2.12. The normalized spacial score (nSPS) is 11.3. The van der Waals surface area contributed by atoms with Gasteiger partial charge in [0.15, 0.2) is 6.20 Å². The van der Waals surface area contributed by atoms with E-state index in [2.05, 4.69) is 78.0 Å². The average Bonchev–Trinajstić information content (AvgIpc) is 2.92. The van der Waals surface area contributed by atoms with Crippen LogP contribution in [0.15, 0.2) is 59.4 Å². The molecule has 0 aliphatic rings. The smallest absolute Gasteiger partial charge is 0.200 e. The van der Waals surface area contributed by atoms with Gasteiger partial charge in [0.2, 0.25) is 5.69 Å².